The number of hydrogen-bond donors (Lipinski definition) is 3. The Morgan fingerprint density at radius 3 is 2.78 bits per heavy atom. The van der Waals surface area contributed by atoms with Crippen molar-refractivity contribution in [1.29, 1.82) is 0 Å². The summed E-state index contributed by atoms with van der Waals surface area (Å²) >= 11 is 9.54. The lowest BCUT2D eigenvalue weighted by molar-refractivity contribution is 0.255. The number of nitrogens with two attached hydrogens (primary N) is 1. The van der Waals surface area contributed by atoms with E-state index in [9.17, 15) is 0 Å². The van der Waals surface area contributed by atoms with Crippen molar-refractivity contribution in [1.82, 2.24) is 5.32 Å². The van der Waals surface area contributed by atoms with Gasteiger partial charge in [0.25, 0.3) is 0 Å². The molecule has 0 aliphatic heterocycles. The highest BCUT2D eigenvalue weighted by Gasteiger charge is 2.17. The molecule has 5 heteroatoms. The first-order valence-corrected chi connectivity index (χ1v) is 7.31. The summed E-state index contributed by atoms with van der Waals surface area (Å²) in [6.45, 7) is 2.76. The number of nitrogens with one attached hydrogen (secondary N) is 1. The van der Waals surface area contributed by atoms with E-state index in [-0.39, 0.29) is 18.7 Å². The first kappa shape index (κ1) is 15.9. The van der Waals surface area contributed by atoms with Crippen LogP contribution in [-0.4, -0.2) is 24.3 Å². The van der Waals surface area contributed by atoms with Crippen LogP contribution in [0, 0.1) is 0 Å². The molecular weight excluding hydrogens is 316 g/mol. The van der Waals surface area contributed by atoms with E-state index in [1.165, 1.54) is 0 Å². The minimum Gasteiger partial charge on any atom is -0.396 e. The molecule has 4 N–H and O–H groups in total. The predicted molar refractivity (Wildman–Crippen MR) is 79.9 cm³/mol. The van der Waals surface area contributed by atoms with Gasteiger partial charge in [0.15, 0.2) is 0 Å². The minimum absolute atomic E-state index is 0.0366. The average Bonchev–Trinajstić information content (AvgIpc) is 2.37. The van der Waals surface area contributed by atoms with Crippen molar-refractivity contribution in [2.45, 2.75) is 31.8 Å². The molecule has 0 radical (unpaired) electrons. The summed E-state index contributed by atoms with van der Waals surface area (Å²) in [7, 11) is 0. The molecule has 0 saturated carbocycles. The molecule has 0 fully saturated rings. The molecule has 0 aromatic heterocycles. The molecular formula is C13H20BrClN2O. The van der Waals surface area contributed by atoms with Gasteiger partial charge in [-0.2, -0.15) is 0 Å². The van der Waals surface area contributed by atoms with Crippen LogP contribution in [-0.2, 0) is 0 Å². The SMILES string of the molecule is CCC(CCO)NC(CN)c1cc(Cl)ccc1Br. The molecule has 0 bridgehead atoms. The summed E-state index contributed by atoms with van der Waals surface area (Å²) in [5.74, 6) is 0. The van der Waals surface area contributed by atoms with Gasteiger partial charge in [-0.05, 0) is 36.6 Å². The summed E-state index contributed by atoms with van der Waals surface area (Å²) in [4.78, 5) is 0. The molecule has 0 spiro atoms. The Morgan fingerprint density at radius 2 is 2.22 bits per heavy atom. The second kappa shape index (κ2) is 8.12. The van der Waals surface area contributed by atoms with E-state index < -0.39 is 0 Å². The molecule has 0 aliphatic carbocycles. The highest BCUT2D eigenvalue weighted by Crippen LogP contribution is 2.27. The van der Waals surface area contributed by atoms with E-state index >= 15 is 0 Å². The maximum absolute atomic E-state index is 9.02. The lowest BCUT2D eigenvalue weighted by Gasteiger charge is -2.25. The topological polar surface area (TPSA) is 58.3 Å². The van der Waals surface area contributed by atoms with Gasteiger partial charge in [-0.1, -0.05) is 34.5 Å². The molecule has 0 heterocycles. The van der Waals surface area contributed by atoms with Crippen LogP contribution < -0.4 is 11.1 Å². The van der Waals surface area contributed by atoms with Crippen molar-refractivity contribution in [3.05, 3.63) is 33.3 Å². The van der Waals surface area contributed by atoms with Crippen LogP contribution in [0.4, 0.5) is 0 Å². The van der Waals surface area contributed by atoms with Crippen LogP contribution in [0.3, 0.4) is 0 Å². The Labute approximate surface area is 122 Å². The van der Waals surface area contributed by atoms with Gasteiger partial charge in [-0.25, -0.2) is 0 Å². The van der Waals surface area contributed by atoms with Gasteiger partial charge in [0, 0.05) is 34.7 Å². The van der Waals surface area contributed by atoms with Gasteiger partial charge in [0.05, 0.1) is 0 Å². The van der Waals surface area contributed by atoms with Crippen molar-refractivity contribution in [2.24, 2.45) is 5.73 Å². The van der Waals surface area contributed by atoms with Crippen molar-refractivity contribution in [2.75, 3.05) is 13.2 Å². The zero-order valence-corrected chi connectivity index (χ0v) is 12.8. The van der Waals surface area contributed by atoms with E-state index in [0.29, 0.717) is 11.6 Å². The van der Waals surface area contributed by atoms with Gasteiger partial charge in [0.2, 0.25) is 0 Å². The second-order valence-electron chi connectivity index (χ2n) is 4.24. The van der Waals surface area contributed by atoms with E-state index in [1.54, 1.807) is 0 Å². The third-order valence-electron chi connectivity index (χ3n) is 2.98. The zero-order valence-electron chi connectivity index (χ0n) is 10.5. The molecule has 0 saturated heterocycles. The molecule has 2 unspecified atom stereocenters. The summed E-state index contributed by atoms with van der Waals surface area (Å²) in [6.07, 6.45) is 1.68. The maximum Gasteiger partial charge on any atom is 0.0458 e. The zero-order chi connectivity index (χ0) is 13.5. The monoisotopic (exact) mass is 334 g/mol. The van der Waals surface area contributed by atoms with Crippen LogP contribution in [0.5, 0.6) is 0 Å². The smallest absolute Gasteiger partial charge is 0.0458 e. The Balaban J connectivity index is 2.84. The van der Waals surface area contributed by atoms with Gasteiger partial charge in [0.1, 0.15) is 0 Å². The third-order valence-corrected chi connectivity index (χ3v) is 3.93. The van der Waals surface area contributed by atoms with Gasteiger partial charge in [-0.15, -0.1) is 0 Å². The highest BCUT2D eigenvalue weighted by atomic mass is 79.9. The fourth-order valence-electron chi connectivity index (χ4n) is 1.91. The van der Waals surface area contributed by atoms with Crippen LogP contribution in [0.25, 0.3) is 0 Å². The van der Waals surface area contributed by atoms with Gasteiger partial charge < -0.3 is 16.2 Å². The summed E-state index contributed by atoms with van der Waals surface area (Å²) < 4.78 is 0.994. The molecule has 102 valence electrons. The number of benzene rings is 1. The normalized spacial score (nSPS) is 14.5. The number of rotatable bonds is 7. The third kappa shape index (κ3) is 4.52. The largest absolute Gasteiger partial charge is 0.396 e. The Bertz CT molecular complexity index is 376. The summed E-state index contributed by atoms with van der Waals surface area (Å²) in [5.41, 5.74) is 6.89. The predicted octanol–water partition coefficient (Wildman–Crippen LogP) is 2.85. The second-order valence-corrected chi connectivity index (χ2v) is 5.53. The molecule has 1 aromatic carbocycles. The van der Waals surface area contributed by atoms with Crippen molar-refractivity contribution >= 4 is 27.5 Å². The molecule has 1 rings (SSSR count). The van der Waals surface area contributed by atoms with E-state index in [4.69, 9.17) is 22.4 Å². The van der Waals surface area contributed by atoms with Crippen LogP contribution in [0.1, 0.15) is 31.4 Å². The summed E-state index contributed by atoms with van der Waals surface area (Å²) in [5, 5.41) is 13.2. The fraction of sp³-hybridized carbons (Fsp3) is 0.538. The first-order valence-electron chi connectivity index (χ1n) is 6.14. The van der Waals surface area contributed by atoms with Gasteiger partial charge in [-0.3, -0.25) is 0 Å². The number of halogens is 2. The average molecular weight is 336 g/mol. The number of aliphatic hydroxyl groups excluding tert-OH is 1. The Hall–Kier alpha value is -0.130. The van der Waals surface area contributed by atoms with Crippen LogP contribution in [0.15, 0.2) is 22.7 Å². The van der Waals surface area contributed by atoms with Gasteiger partial charge >= 0.3 is 0 Å². The van der Waals surface area contributed by atoms with Crippen molar-refractivity contribution in [3.8, 4) is 0 Å². The lowest BCUT2D eigenvalue weighted by atomic mass is 10.0. The first-order chi connectivity index (χ1) is 8.62. The molecule has 0 amide bonds. The van der Waals surface area contributed by atoms with E-state index in [2.05, 4.69) is 28.2 Å². The number of hydrogen-bond acceptors (Lipinski definition) is 3. The number of aliphatic hydroxyl groups is 1. The van der Waals surface area contributed by atoms with Crippen LogP contribution in [0.2, 0.25) is 5.02 Å². The fourth-order valence-corrected chi connectivity index (χ4v) is 2.62. The molecule has 3 nitrogen and oxygen atoms in total. The molecule has 2 atom stereocenters. The quantitative estimate of drug-likeness (QED) is 0.718. The summed E-state index contributed by atoms with van der Waals surface area (Å²) in [6, 6.07) is 5.98. The standard InChI is InChI=1S/C13H20BrClN2O/c1-2-10(5-6-18)17-13(8-16)11-7-9(15)3-4-12(11)14/h3-4,7,10,13,17-18H,2,5-6,8,16H2,1H3. The van der Waals surface area contributed by atoms with E-state index in [1.807, 2.05) is 18.2 Å². The van der Waals surface area contributed by atoms with E-state index in [0.717, 1.165) is 22.9 Å². The highest BCUT2D eigenvalue weighted by molar-refractivity contribution is 9.10. The molecule has 18 heavy (non-hydrogen) atoms. The minimum atomic E-state index is 0.0366. The Kier molecular flexibility index (Phi) is 7.19. The maximum atomic E-state index is 9.02. The molecule has 1 aromatic rings. The lowest BCUT2D eigenvalue weighted by Crippen LogP contribution is -2.37. The van der Waals surface area contributed by atoms with Crippen molar-refractivity contribution < 1.29 is 5.11 Å². The van der Waals surface area contributed by atoms with Crippen LogP contribution >= 0.6 is 27.5 Å². The van der Waals surface area contributed by atoms with Crippen molar-refractivity contribution in [3.63, 3.8) is 0 Å². The Morgan fingerprint density at radius 1 is 1.50 bits per heavy atom. The molecule has 0 aliphatic rings.